The third-order valence-corrected chi connectivity index (χ3v) is 2.36. The maximum Gasteiger partial charge on any atom is 0.270 e. The van der Waals surface area contributed by atoms with E-state index in [-0.39, 0.29) is 22.8 Å². The van der Waals surface area contributed by atoms with Crippen molar-refractivity contribution in [3.63, 3.8) is 0 Å². The van der Waals surface area contributed by atoms with Crippen LogP contribution in [0.25, 0.3) is 0 Å². The molecular formula is C11H15ClN4O2. The van der Waals surface area contributed by atoms with Gasteiger partial charge in [0, 0.05) is 18.7 Å². The number of halogens is 1. The third kappa shape index (κ3) is 5.09. The summed E-state index contributed by atoms with van der Waals surface area (Å²) in [5, 5.41) is 2.74. The molecule has 0 saturated carbocycles. The zero-order chi connectivity index (χ0) is 13.5. The molecular weight excluding hydrogens is 256 g/mol. The van der Waals surface area contributed by atoms with Crippen LogP contribution in [-0.4, -0.2) is 28.3 Å². The van der Waals surface area contributed by atoms with Crippen molar-refractivity contribution in [2.45, 2.75) is 26.2 Å². The summed E-state index contributed by atoms with van der Waals surface area (Å²) in [6, 6.07) is 1.56. The molecule has 1 aromatic heterocycles. The van der Waals surface area contributed by atoms with Gasteiger partial charge < -0.3 is 11.1 Å². The van der Waals surface area contributed by atoms with E-state index in [1.165, 1.54) is 0 Å². The highest BCUT2D eigenvalue weighted by Gasteiger charge is 2.08. The fraction of sp³-hybridized carbons (Fsp3) is 0.455. The number of rotatable bonds is 6. The van der Waals surface area contributed by atoms with Gasteiger partial charge in [-0.25, -0.2) is 9.97 Å². The number of unbranched alkanes of at least 4 members (excludes halogenated alkanes) is 1. The Morgan fingerprint density at radius 3 is 2.72 bits per heavy atom. The average molecular weight is 271 g/mol. The number of carbonyl (C=O) groups excluding carboxylic acids is 2. The lowest BCUT2D eigenvalue weighted by Gasteiger charge is -2.05. The molecule has 6 nitrogen and oxygen atoms in total. The van der Waals surface area contributed by atoms with Crippen molar-refractivity contribution in [1.82, 2.24) is 15.3 Å². The second-order valence-corrected chi connectivity index (χ2v) is 4.18. The van der Waals surface area contributed by atoms with E-state index >= 15 is 0 Å². The Balaban J connectivity index is 2.38. The van der Waals surface area contributed by atoms with Crippen LogP contribution < -0.4 is 11.1 Å². The minimum absolute atomic E-state index is 0.0499. The number of primary amides is 1. The lowest BCUT2D eigenvalue weighted by atomic mass is 10.2. The van der Waals surface area contributed by atoms with Crippen LogP contribution in [-0.2, 0) is 4.79 Å². The molecule has 1 rings (SSSR count). The Morgan fingerprint density at radius 1 is 1.39 bits per heavy atom. The molecule has 0 radical (unpaired) electrons. The maximum absolute atomic E-state index is 11.7. The van der Waals surface area contributed by atoms with Gasteiger partial charge in [0.1, 0.15) is 5.69 Å². The van der Waals surface area contributed by atoms with Crippen LogP contribution in [0.1, 0.15) is 35.4 Å². The first-order valence-corrected chi connectivity index (χ1v) is 5.94. The predicted octanol–water partition coefficient (Wildman–Crippen LogP) is 0.824. The zero-order valence-electron chi connectivity index (χ0n) is 10.1. The number of nitrogens with one attached hydrogen (secondary N) is 1. The van der Waals surface area contributed by atoms with Gasteiger partial charge in [0.25, 0.3) is 5.91 Å². The lowest BCUT2D eigenvalue weighted by Crippen LogP contribution is -2.26. The van der Waals surface area contributed by atoms with Gasteiger partial charge in [-0.3, -0.25) is 9.59 Å². The molecule has 98 valence electrons. The van der Waals surface area contributed by atoms with Gasteiger partial charge >= 0.3 is 0 Å². The Hall–Kier alpha value is -1.69. The highest BCUT2D eigenvalue weighted by atomic mass is 35.5. The van der Waals surface area contributed by atoms with Crippen molar-refractivity contribution in [3.05, 3.63) is 22.7 Å². The summed E-state index contributed by atoms with van der Waals surface area (Å²) >= 11 is 5.66. The Morgan fingerprint density at radius 2 is 2.11 bits per heavy atom. The first kappa shape index (κ1) is 14.4. The van der Waals surface area contributed by atoms with E-state index < -0.39 is 0 Å². The van der Waals surface area contributed by atoms with E-state index in [9.17, 15) is 9.59 Å². The number of hydrogen-bond acceptors (Lipinski definition) is 4. The van der Waals surface area contributed by atoms with Crippen LogP contribution >= 0.6 is 11.6 Å². The molecule has 1 heterocycles. The molecule has 3 N–H and O–H groups in total. The summed E-state index contributed by atoms with van der Waals surface area (Å²) in [6.45, 7) is 2.20. The van der Waals surface area contributed by atoms with Crippen LogP contribution in [0.5, 0.6) is 0 Å². The molecule has 0 spiro atoms. The summed E-state index contributed by atoms with van der Waals surface area (Å²) in [5.41, 5.74) is 5.87. The van der Waals surface area contributed by atoms with Crippen molar-refractivity contribution in [2.24, 2.45) is 5.73 Å². The van der Waals surface area contributed by atoms with Gasteiger partial charge in [-0.05, 0) is 37.4 Å². The average Bonchev–Trinajstić information content (AvgIpc) is 2.26. The van der Waals surface area contributed by atoms with Gasteiger partial charge in [-0.1, -0.05) is 0 Å². The lowest BCUT2D eigenvalue weighted by molar-refractivity contribution is -0.118. The number of nitrogens with zero attached hydrogens (tertiary/aromatic N) is 2. The monoisotopic (exact) mass is 270 g/mol. The number of nitrogens with two attached hydrogens (primary N) is 1. The summed E-state index contributed by atoms with van der Waals surface area (Å²) in [5.74, 6) is -0.638. The number of aryl methyl sites for hydroxylation is 1. The van der Waals surface area contributed by atoms with Crippen LogP contribution in [0.2, 0.25) is 5.28 Å². The quantitative estimate of drug-likeness (QED) is 0.591. The molecule has 0 aromatic carbocycles. The van der Waals surface area contributed by atoms with Gasteiger partial charge in [0.05, 0.1) is 0 Å². The van der Waals surface area contributed by atoms with Crippen molar-refractivity contribution in [3.8, 4) is 0 Å². The van der Waals surface area contributed by atoms with E-state index in [1.54, 1.807) is 13.0 Å². The van der Waals surface area contributed by atoms with Crippen LogP contribution in [0.3, 0.4) is 0 Å². The fourth-order valence-electron chi connectivity index (χ4n) is 1.37. The topological polar surface area (TPSA) is 98.0 Å². The van der Waals surface area contributed by atoms with Crippen LogP contribution in [0.15, 0.2) is 6.07 Å². The van der Waals surface area contributed by atoms with Crippen molar-refractivity contribution in [1.29, 1.82) is 0 Å². The first-order valence-electron chi connectivity index (χ1n) is 5.56. The SMILES string of the molecule is Cc1cc(C(=O)NCCCCC(N)=O)nc(Cl)n1. The molecule has 0 saturated heterocycles. The van der Waals surface area contributed by atoms with Gasteiger partial charge in [-0.2, -0.15) is 0 Å². The summed E-state index contributed by atoms with van der Waals surface area (Å²) in [6.07, 6.45) is 1.67. The molecule has 2 amide bonds. The van der Waals surface area contributed by atoms with Crippen molar-refractivity contribution < 1.29 is 9.59 Å². The normalized spacial score (nSPS) is 10.1. The number of amides is 2. The molecule has 0 aliphatic carbocycles. The zero-order valence-corrected chi connectivity index (χ0v) is 10.8. The number of hydrogen-bond donors (Lipinski definition) is 2. The molecule has 1 aromatic rings. The minimum atomic E-state index is -0.334. The van der Waals surface area contributed by atoms with E-state index in [1.807, 2.05) is 0 Å². The second-order valence-electron chi connectivity index (χ2n) is 3.84. The summed E-state index contributed by atoms with van der Waals surface area (Å²) < 4.78 is 0. The van der Waals surface area contributed by atoms with Gasteiger partial charge in [-0.15, -0.1) is 0 Å². The molecule has 0 unspecified atom stereocenters. The van der Waals surface area contributed by atoms with Crippen LogP contribution in [0.4, 0.5) is 0 Å². The minimum Gasteiger partial charge on any atom is -0.370 e. The van der Waals surface area contributed by atoms with Crippen molar-refractivity contribution >= 4 is 23.4 Å². The molecule has 0 bridgehead atoms. The highest BCUT2D eigenvalue weighted by Crippen LogP contribution is 2.05. The molecule has 0 aliphatic heterocycles. The number of aromatic nitrogens is 2. The van der Waals surface area contributed by atoms with Gasteiger partial charge in [0.15, 0.2) is 0 Å². The number of carbonyl (C=O) groups is 2. The predicted molar refractivity (Wildman–Crippen MR) is 67.2 cm³/mol. The second kappa shape index (κ2) is 6.90. The van der Waals surface area contributed by atoms with E-state index in [0.717, 1.165) is 0 Å². The standard InChI is InChI=1S/C11H15ClN4O2/c1-7-6-8(16-11(12)15-7)10(18)14-5-3-2-4-9(13)17/h6H,2-5H2,1H3,(H2,13,17)(H,14,18). The van der Waals surface area contributed by atoms with Crippen LogP contribution in [0, 0.1) is 6.92 Å². The van der Waals surface area contributed by atoms with E-state index in [2.05, 4.69) is 15.3 Å². The molecule has 18 heavy (non-hydrogen) atoms. The molecule has 0 aliphatic rings. The Bertz CT molecular complexity index is 430. The molecule has 0 fully saturated rings. The molecule has 7 heteroatoms. The third-order valence-electron chi connectivity index (χ3n) is 2.20. The highest BCUT2D eigenvalue weighted by molar-refractivity contribution is 6.28. The fourth-order valence-corrected chi connectivity index (χ4v) is 1.59. The maximum atomic E-state index is 11.7. The summed E-state index contributed by atoms with van der Waals surface area (Å²) in [4.78, 5) is 29.9. The largest absolute Gasteiger partial charge is 0.370 e. The van der Waals surface area contributed by atoms with Crippen molar-refractivity contribution in [2.75, 3.05) is 6.54 Å². The first-order chi connectivity index (χ1) is 8.49. The molecule has 0 atom stereocenters. The smallest absolute Gasteiger partial charge is 0.270 e. The Kier molecular flexibility index (Phi) is 5.51. The van der Waals surface area contributed by atoms with Gasteiger partial charge in [0.2, 0.25) is 11.2 Å². The van der Waals surface area contributed by atoms with E-state index in [4.69, 9.17) is 17.3 Å². The summed E-state index contributed by atoms with van der Waals surface area (Å²) in [7, 11) is 0. The Labute approximate surface area is 110 Å². The van der Waals surface area contributed by atoms with E-state index in [0.29, 0.717) is 31.5 Å².